The normalized spacial score (nSPS) is 10.5. The summed E-state index contributed by atoms with van der Waals surface area (Å²) in [7, 11) is 0. The highest BCUT2D eigenvalue weighted by molar-refractivity contribution is 6.05. The van der Waals surface area contributed by atoms with Crippen molar-refractivity contribution in [2.75, 3.05) is 17.7 Å². The molecule has 0 saturated carbocycles. The number of carbonyl (C=O) groups is 1. The van der Waals surface area contributed by atoms with Gasteiger partial charge in [0.05, 0.1) is 6.61 Å². The van der Waals surface area contributed by atoms with Crippen molar-refractivity contribution in [2.45, 2.75) is 46.0 Å². The number of ether oxygens (including phenoxy) is 1. The third kappa shape index (κ3) is 5.82. The molecule has 0 fully saturated rings. The fourth-order valence-electron chi connectivity index (χ4n) is 2.58. The second kappa shape index (κ2) is 9.72. The molecular formula is C21H28N2O2. The van der Waals surface area contributed by atoms with Crippen molar-refractivity contribution in [1.29, 1.82) is 0 Å². The molecule has 25 heavy (non-hydrogen) atoms. The molecule has 0 aromatic heterocycles. The molecule has 1 amide bonds. The summed E-state index contributed by atoms with van der Waals surface area (Å²) in [5.41, 5.74) is 8.74. The lowest BCUT2D eigenvalue weighted by atomic mass is 10.1. The van der Waals surface area contributed by atoms with Crippen molar-refractivity contribution >= 4 is 17.3 Å². The number of rotatable bonds is 9. The number of benzene rings is 2. The van der Waals surface area contributed by atoms with E-state index in [1.807, 2.05) is 37.3 Å². The van der Waals surface area contributed by atoms with Crippen LogP contribution in [0, 0.1) is 6.92 Å². The van der Waals surface area contributed by atoms with E-state index in [1.54, 1.807) is 12.1 Å². The number of nitrogen functional groups attached to an aromatic ring is 1. The minimum absolute atomic E-state index is 0.153. The first kappa shape index (κ1) is 18.8. The van der Waals surface area contributed by atoms with Crippen LogP contribution in [-0.4, -0.2) is 12.5 Å². The van der Waals surface area contributed by atoms with Gasteiger partial charge in [-0.3, -0.25) is 4.79 Å². The highest BCUT2D eigenvalue weighted by Gasteiger charge is 2.09. The molecule has 0 aliphatic heterocycles. The van der Waals surface area contributed by atoms with Crippen molar-refractivity contribution in [1.82, 2.24) is 0 Å². The Morgan fingerprint density at radius 1 is 1.04 bits per heavy atom. The van der Waals surface area contributed by atoms with Crippen LogP contribution in [0.2, 0.25) is 0 Å². The monoisotopic (exact) mass is 340 g/mol. The molecule has 2 aromatic carbocycles. The van der Waals surface area contributed by atoms with E-state index in [0.717, 1.165) is 30.0 Å². The van der Waals surface area contributed by atoms with Gasteiger partial charge in [0.15, 0.2) is 0 Å². The summed E-state index contributed by atoms with van der Waals surface area (Å²) < 4.78 is 5.73. The number of hydrogen-bond donors (Lipinski definition) is 2. The molecule has 0 spiro atoms. The average Bonchev–Trinajstić information content (AvgIpc) is 2.62. The van der Waals surface area contributed by atoms with Crippen LogP contribution in [0.15, 0.2) is 42.5 Å². The number of nitrogens with one attached hydrogen (secondary N) is 1. The van der Waals surface area contributed by atoms with Crippen LogP contribution in [0.4, 0.5) is 11.4 Å². The van der Waals surface area contributed by atoms with Crippen LogP contribution in [-0.2, 0) is 0 Å². The van der Waals surface area contributed by atoms with E-state index >= 15 is 0 Å². The Labute approximate surface area is 150 Å². The highest BCUT2D eigenvalue weighted by Crippen LogP contribution is 2.21. The number of amides is 1. The predicted molar refractivity (Wildman–Crippen MR) is 104 cm³/mol. The average molecular weight is 340 g/mol. The van der Waals surface area contributed by atoms with Gasteiger partial charge in [0.1, 0.15) is 5.75 Å². The van der Waals surface area contributed by atoms with Gasteiger partial charge in [-0.05, 0) is 55.3 Å². The first-order chi connectivity index (χ1) is 12.1. The topological polar surface area (TPSA) is 64.3 Å². The summed E-state index contributed by atoms with van der Waals surface area (Å²) >= 11 is 0. The minimum Gasteiger partial charge on any atom is -0.494 e. The molecule has 4 heteroatoms. The standard InChI is InChI=1S/C21H28N2O2/c1-3-4-5-6-7-15-25-18-13-11-17(12-14-18)21(24)23-20-10-8-9-19(22)16(20)2/h8-14H,3-7,15,22H2,1-2H3,(H,23,24). The summed E-state index contributed by atoms with van der Waals surface area (Å²) in [6.07, 6.45) is 6.07. The Morgan fingerprint density at radius 3 is 2.48 bits per heavy atom. The molecule has 0 saturated heterocycles. The Morgan fingerprint density at radius 2 is 1.76 bits per heavy atom. The van der Waals surface area contributed by atoms with Gasteiger partial charge in [-0.15, -0.1) is 0 Å². The Kier molecular flexibility index (Phi) is 7.33. The highest BCUT2D eigenvalue weighted by atomic mass is 16.5. The smallest absolute Gasteiger partial charge is 0.255 e. The summed E-state index contributed by atoms with van der Waals surface area (Å²) in [5, 5.41) is 2.90. The van der Waals surface area contributed by atoms with Gasteiger partial charge >= 0.3 is 0 Å². The molecule has 0 heterocycles. The molecule has 2 rings (SSSR count). The zero-order valence-electron chi connectivity index (χ0n) is 15.2. The molecule has 134 valence electrons. The fraction of sp³-hybridized carbons (Fsp3) is 0.381. The van der Waals surface area contributed by atoms with E-state index in [9.17, 15) is 4.79 Å². The van der Waals surface area contributed by atoms with Gasteiger partial charge < -0.3 is 15.8 Å². The second-order valence-corrected chi connectivity index (χ2v) is 6.26. The Bertz CT molecular complexity index is 681. The number of anilines is 2. The van der Waals surface area contributed by atoms with E-state index in [0.29, 0.717) is 11.3 Å². The van der Waals surface area contributed by atoms with E-state index in [4.69, 9.17) is 10.5 Å². The summed E-state index contributed by atoms with van der Waals surface area (Å²) in [6, 6.07) is 12.7. The van der Waals surface area contributed by atoms with E-state index in [2.05, 4.69) is 12.2 Å². The molecule has 0 bridgehead atoms. The van der Waals surface area contributed by atoms with Crippen molar-refractivity contribution in [3.05, 3.63) is 53.6 Å². The lowest BCUT2D eigenvalue weighted by molar-refractivity contribution is 0.102. The van der Waals surface area contributed by atoms with E-state index < -0.39 is 0 Å². The van der Waals surface area contributed by atoms with Gasteiger partial charge in [-0.2, -0.15) is 0 Å². The Hall–Kier alpha value is -2.49. The minimum atomic E-state index is -0.153. The van der Waals surface area contributed by atoms with Gasteiger partial charge in [0, 0.05) is 16.9 Å². The summed E-state index contributed by atoms with van der Waals surface area (Å²) in [6.45, 7) is 4.82. The lowest BCUT2D eigenvalue weighted by Crippen LogP contribution is -2.13. The third-order valence-corrected chi connectivity index (χ3v) is 4.26. The first-order valence-corrected chi connectivity index (χ1v) is 9.01. The molecule has 0 unspecified atom stereocenters. The van der Waals surface area contributed by atoms with Crippen molar-refractivity contribution < 1.29 is 9.53 Å². The maximum Gasteiger partial charge on any atom is 0.255 e. The van der Waals surface area contributed by atoms with Crippen molar-refractivity contribution in [3.63, 3.8) is 0 Å². The number of unbranched alkanes of at least 4 members (excludes halogenated alkanes) is 4. The van der Waals surface area contributed by atoms with Crippen LogP contribution in [0.1, 0.15) is 54.9 Å². The van der Waals surface area contributed by atoms with Crippen LogP contribution in [0.3, 0.4) is 0 Å². The molecule has 3 N–H and O–H groups in total. The zero-order valence-corrected chi connectivity index (χ0v) is 15.2. The molecule has 2 aromatic rings. The zero-order chi connectivity index (χ0) is 18.1. The second-order valence-electron chi connectivity index (χ2n) is 6.26. The van der Waals surface area contributed by atoms with E-state index in [-0.39, 0.29) is 5.91 Å². The molecular weight excluding hydrogens is 312 g/mol. The fourth-order valence-corrected chi connectivity index (χ4v) is 2.58. The molecule has 0 radical (unpaired) electrons. The van der Waals surface area contributed by atoms with E-state index in [1.165, 1.54) is 25.7 Å². The maximum atomic E-state index is 12.4. The number of nitrogens with two attached hydrogens (primary N) is 1. The lowest BCUT2D eigenvalue weighted by Gasteiger charge is -2.11. The SMILES string of the molecule is CCCCCCCOc1ccc(C(=O)Nc2cccc(N)c2C)cc1. The quantitative estimate of drug-likeness (QED) is 0.488. The van der Waals surface area contributed by atoms with Gasteiger partial charge in [0.2, 0.25) is 0 Å². The Balaban J connectivity index is 1.84. The van der Waals surface area contributed by atoms with Gasteiger partial charge in [0.25, 0.3) is 5.91 Å². The first-order valence-electron chi connectivity index (χ1n) is 9.01. The van der Waals surface area contributed by atoms with Crippen LogP contribution >= 0.6 is 0 Å². The summed E-state index contributed by atoms with van der Waals surface area (Å²) in [4.78, 5) is 12.4. The van der Waals surface area contributed by atoms with Crippen LogP contribution in [0.5, 0.6) is 5.75 Å². The molecule has 0 atom stereocenters. The number of carbonyl (C=O) groups excluding carboxylic acids is 1. The molecule has 0 aliphatic rings. The largest absolute Gasteiger partial charge is 0.494 e. The molecule has 4 nitrogen and oxygen atoms in total. The third-order valence-electron chi connectivity index (χ3n) is 4.26. The van der Waals surface area contributed by atoms with Crippen molar-refractivity contribution in [2.24, 2.45) is 0 Å². The van der Waals surface area contributed by atoms with Gasteiger partial charge in [-0.25, -0.2) is 0 Å². The van der Waals surface area contributed by atoms with Crippen LogP contribution in [0.25, 0.3) is 0 Å². The molecule has 0 aliphatic carbocycles. The van der Waals surface area contributed by atoms with Crippen molar-refractivity contribution in [3.8, 4) is 5.75 Å². The number of hydrogen-bond acceptors (Lipinski definition) is 3. The predicted octanol–water partition coefficient (Wildman–Crippen LogP) is 5.18. The summed E-state index contributed by atoms with van der Waals surface area (Å²) in [5.74, 6) is 0.645. The van der Waals surface area contributed by atoms with Crippen LogP contribution < -0.4 is 15.8 Å². The maximum absolute atomic E-state index is 12.4. The van der Waals surface area contributed by atoms with Gasteiger partial charge in [-0.1, -0.05) is 38.7 Å².